The van der Waals surface area contributed by atoms with E-state index in [2.05, 4.69) is 36.2 Å². The van der Waals surface area contributed by atoms with E-state index in [1.54, 1.807) is 12.1 Å². The number of amides is 1. The van der Waals surface area contributed by atoms with E-state index >= 15 is 0 Å². The second-order valence-corrected chi connectivity index (χ2v) is 9.80. The van der Waals surface area contributed by atoms with E-state index < -0.39 is 0 Å². The quantitative estimate of drug-likeness (QED) is 0.140. The van der Waals surface area contributed by atoms with E-state index in [1.807, 2.05) is 50.2 Å². The summed E-state index contributed by atoms with van der Waals surface area (Å²) in [4.78, 5) is 25.4. The Bertz CT molecular complexity index is 1260. The second kappa shape index (κ2) is 16.3. The van der Waals surface area contributed by atoms with Gasteiger partial charge in [-0.15, -0.1) is 0 Å². The Labute approximate surface area is 245 Å². The fraction of sp³-hybridized carbons (Fsp3) is 0.448. The van der Waals surface area contributed by atoms with Crippen LogP contribution in [-0.4, -0.2) is 84.9 Å². The fourth-order valence-electron chi connectivity index (χ4n) is 3.90. The molecule has 3 aromatic rings. The third kappa shape index (κ3) is 9.72. The number of carbonyl (C=O) groups is 1. The highest BCUT2D eigenvalue weighted by atomic mass is 16.7. The molecule has 0 fully saturated rings. The topological polar surface area (TPSA) is 161 Å². The molecule has 226 valence electrons. The molecule has 13 heteroatoms. The molecule has 1 atom stereocenters. The standard InChI is InChI=1S/C29H39N7O6/c1-20(2)23(18-37)33-29-35-27(34-28(36-29)32-17-21-8-9-24-25(16-21)42-19-41-24)31-11-13-40-15-14-39-12-10-30-26(38)22-6-4-3-5-7-22/h3-9,16,20,23,37H,10-15,17-19H2,1-2H3,(H,30,38)(H3,31,32,33,34,35,36)/t23-/m0/s1. The van der Waals surface area contributed by atoms with Gasteiger partial charge in [0.1, 0.15) is 0 Å². The average molecular weight is 582 g/mol. The predicted molar refractivity (Wildman–Crippen MR) is 158 cm³/mol. The molecule has 1 aromatic heterocycles. The van der Waals surface area contributed by atoms with Gasteiger partial charge in [-0.1, -0.05) is 38.1 Å². The number of nitrogens with zero attached hydrogens (tertiary/aromatic N) is 3. The molecule has 4 rings (SSSR count). The van der Waals surface area contributed by atoms with Gasteiger partial charge in [0.05, 0.1) is 39.1 Å². The smallest absolute Gasteiger partial charge is 0.251 e. The summed E-state index contributed by atoms with van der Waals surface area (Å²) in [5.74, 6) is 2.57. The molecular formula is C29H39N7O6. The Morgan fingerprint density at radius 3 is 2.31 bits per heavy atom. The number of ether oxygens (including phenoxy) is 4. The minimum atomic E-state index is -0.211. The molecule has 2 aromatic carbocycles. The molecule has 0 radical (unpaired) electrons. The average Bonchev–Trinajstić information content (AvgIpc) is 3.48. The minimum absolute atomic E-state index is 0.0542. The number of aromatic nitrogens is 3. The lowest BCUT2D eigenvalue weighted by Gasteiger charge is -2.20. The molecule has 1 aliphatic heterocycles. The van der Waals surface area contributed by atoms with Gasteiger partial charge < -0.3 is 45.3 Å². The third-order valence-electron chi connectivity index (χ3n) is 6.31. The summed E-state index contributed by atoms with van der Waals surface area (Å²) in [7, 11) is 0. The molecule has 0 saturated carbocycles. The Morgan fingerprint density at radius 1 is 0.881 bits per heavy atom. The molecule has 0 saturated heterocycles. The highest BCUT2D eigenvalue weighted by molar-refractivity contribution is 5.94. The summed E-state index contributed by atoms with van der Waals surface area (Å²) >= 11 is 0. The van der Waals surface area contributed by atoms with E-state index in [1.165, 1.54) is 0 Å². The molecule has 0 aliphatic carbocycles. The van der Waals surface area contributed by atoms with E-state index in [-0.39, 0.29) is 31.3 Å². The highest BCUT2D eigenvalue weighted by Crippen LogP contribution is 2.32. The number of anilines is 3. The lowest BCUT2D eigenvalue weighted by molar-refractivity contribution is 0.0519. The Hall–Kier alpha value is -4.20. The van der Waals surface area contributed by atoms with Crippen LogP contribution in [-0.2, 0) is 16.0 Å². The van der Waals surface area contributed by atoms with Crippen LogP contribution >= 0.6 is 0 Å². The first-order valence-electron chi connectivity index (χ1n) is 14.0. The molecule has 5 N–H and O–H groups in total. The van der Waals surface area contributed by atoms with Gasteiger partial charge in [-0.05, 0) is 35.7 Å². The van der Waals surface area contributed by atoms with Gasteiger partial charge in [0.15, 0.2) is 11.5 Å². The van der Waals surface area contributed by atoms with Crippen molar-refractivity contribution >= 4 is 23.8 Å². The van der Waals surface area contributed by atoms with Crippen molar-refractivity contribution in [1.82, 2.24) is 20.3 Å². The summed E-state index contributed by atoms with van der Waals surface area (Å²) in [6.45, 7) is 7.16. The van der Waals surface area contributed by atoms with Crippen LogP contribution < -0.4 is 30.7 Å². The van der Waals surface area contributed by atoms with Crippen molar-refractivity contribution in [3.63, 3.8) is 0 Å². The van der Waals surface area contributed by atoms with Crippen molar-refractivity contribution in [2.45, 2.75) is 26.4 Å². The van der Waals surface area contributed by atoms with Gasteiger partial charge in [0, 0.05) is 25.2 Å². The zero-order chi connectivity index (χ0) is 29.6. The van der Waals surface area contributed by atoms with Crippen LogP contribution in [0.1, 0.15) is 29.8 Å². The number of nitrogens with one attached hydrogen (secondary N) is 4. The molecule has 13 nitrogen and oxygen atoms in total. The number of hydrogen-bond donors (Lipinski definition) is 5. The highest BCUT2D eigenvalue weighted by Gasteiger charge is 2.16. The number of carbonyl (C=O) groups excluding carboxylic acids is 1. The molecule has 1 amide bonds. The van der Waals surface area contributed by atoms with E-state index in [9.17, 15) is 9.90 Å². The van der Waals surface area contributed by atoms with Gasteiger partial charge in [-0.2, -0.15) is 15.0 Å². The number of rotatable bonds is 18. The summed E-state index contributed by atoms with van der Waals surface area (Å²) in [5, 5.41) is 22.2. The minimum Gasteiger partial charge on any atom is -0.454 e. The normalized spacial score (nSPS) is 12.7. The van der Waals surface area contributed by atoms with Crippen molar-refractivity contribution in [3.05, 3.63) is 59.7 Å². The summed E-state index contributed by atoms with van der Waals surface area (Å²) in [6.07, 6.45) is 0. The Kier molecular flexibility index (Phi) is 11.9. The van der Waals surface area contributed by atoms with Crippen LogP contribution in [0.25, 0.3) is 0 Å². The van der Waals surface area contributed by atoms with Crippen molar-refractivity contribution in [3.8, 4) is 11.5 Å². The van der Waals surface area contributed by atoms with Gasteiger partial charge in [0.25, 0.3) is 5.91 Å². The molecule has 2 heterocycles. The van der Waals surface area contributed by atoms with Crippen LogP contribution in [0.4, 0.5) is 17.8 Å². The molecule has 0 bridgehead atoms. The predicted octanol–water partition coefficient (Wildman–Crippen LogP) is 2.52. The van der Waals surface area contributed by atoms with E-state index in [0.717, 1.165) is 11.3 Å². The van der Waals surface area contributed by atoms with Gasteiger partial charge in [0.2, 0.25) is 24.6 Å². The first kappa shape index (κ1) is 30.8. The maximum Gasteiger partial charge on any atom is 0.251 e. The van der Waals surface area contributed by atoms with Crippen molar-refractivity contribution in [1.29, 1.82) is 0 Å². The zero-order valence-corrected chi connectivity index (χ0v) is 24.0. The van der Waals surface area contributed by atoms with Gasteiger partial charge in [-0.3, -0.25) is 4.79 Å². The number of benzene rings is 2. The van der Waals surface area contributed by atoms with E-state index in [0.29, 0.717) is 75.2 Å². The van der Waals surface area contributed by atoms with Crippen LogP contribution in [0, 0.1) is 5.92 Å². The zero-order valence-electron chi connectivity index (χ0n) is 24.0. The molecule has 1 aliphatic rings. The van der Waals surface area contributed by atoms with E-state index in [4.69, 9.17) is 18.9 Å². The van der Waals surface area contributed by atoms with Gasteiger partial charge in [-0.25, -0.2) is 0 Å². The maximum absolute atomic E-state index is 12.0. The second-order valence-electron chi connectivity index (χ2n) is 9.80. The SMILES string of the molecule is CC(C)[C@H](CO)Nc1nc(NCCOCCOCCNC(=O)c2ccccc2)nc(NCc2ccc3c(c2)OCO3)n1. The number of aliphatic hydroxyl groups excluding tert-OH is 1. The number of aliphatic hydroxyl groups is 1. The fourth-order valence-corrected chi connectivity index (χ4v) is 3.90. The largest absolute Gasteiger partial charge is 0.454 e. The first-order chi connectivity index (χ1) is 20.5. The lowest BCUT2D eigenvalue weighted by Crippen LogP contribution is -2.30. The molecule has 0 spiro atoms. The Balaban J connectivity index is 1.19. The van der Waals surface area contributed by atoms with Crippen LogP contribution in [0.5, 0.6) is 11.5 Å². The Morgan fingerprint density at radius 2 is 1.57 bits per heavy atom. The van der Waals surface area contributed by atoms with Crippen LogP contribution in [0.2, 0.25) is 0 Å². The summed E-state index contributed by atoms with van der Waals surface area (Å²) < 4.78 is 22.0. The first-order valence-corrected chi connectivity index (χ1v) is 14.0. The molecule has 0 unspecified atom stereocenters. The molecular weight excluding hydrogens is 542 g/mol. The monoisotopic (exact) mass is 581 g/mol. The van der Waals surface area contributed by atoms with Gasteiger partial charge >= 0.3 is 0 Å². The maximum atomic E-state index is 12.0. The third-order valence-corrected chi connectivity index (χ3v) is 6.31. The van der Waals surface area contributed by atoms with Crippen molar-refractivity contribution in [2.24, 2.45) is 5.92 Å². The van der Waals surface area contributed by atoms with Crippen LogP contribution in [0.15, 0.2) is 48.5 Å². The summed E-state index contributed by atoms with van der Waals surface area (Å²) in [5.41, 5.74) is 1.60. The van der Waals surface area contributed by atoms with Crippen molar-refractivity contribution < 1.29 is 28.8 Å². The summed E-state index contributed by atoms with van der Waals surface area (Å²) in [6, 6.07) is 14.6. The molecule has 42 heavy (non-hydrogen) atoms. The lowest BCUT2D eigenvalue weighted by atomic mass is 10.1. The number of fused-ring (bicyclic) bond motifs is 1. The van der Waals surface area contributed by atoms with Crippen molar-refractivity contribution in [2.75, 3.05) is 68.9 Å². The van der Waals surface area contributed by atoms with Crippen LogP contribution in [0.3, 0.4) is 0 Å². The number of hydrogen-bond acceptors (Lipinski definition) is 12.